The Morgan fingerprint density at radius 1 is 0.328 bits per heavy atom. The van der Waals surface area contributed by atoms with Gasteiger partial charge in [0.2, 0.25) is 0 Å². The van der Waals surface area contributed by atoms with E-state index >= 15 is 0 Å². The summed E-state index contributed by atoms with van der Waals surface area (Å²) in [5.41, 5.74) is 15.6. The van der Waals surface area contributed by atoms with Gasteiger partial charge in [0.25, 0.3) is 0 Å². The fourth-order valence-electron chi connectivity index (χ4n) is 9.37. The Hall–Kier alpha value is -8.14. The molecule has 0 unspecified atom stereocenters. The van der Waals surface area contributed by atoms with Crippen LogP contribution < -0.4 is 4.90 Å². The first-order valence-electron chi connectivity index (χ1n) is 20.8. The molecule has 0 saturated heterocycles. The number of aromatic nitrogens is 1. The third kappa shape index (κ3) is 5.82. The number of fused-ring (bicyclic) bond motifs is 7. The van der Waals surface area contributed by atoms with Crippen molar-refractivity contribution in [3.05, 3.63) is 231 Å². The molecule has 3 heteroatoms. The molecule has 0 N–H and O–H groups in total. The minimum Gasteiger partial charge on any atom is -0.456 e. The summed E-state index contributed by atoms with van der Waals surface area (Å²) in [5, 5.41) is 7.09. The third-order valence-electron chi connectivity index (χ3n) is 12.2. The zero-order chi connectivity index (χ0) is 40.3. The van der Waals surface area contributed by atoms with Crippen LogP contribution in [0.25, 0.3) is 93.6 Å². The number of rotatable bonds is 7. The molecule has 3 nitrogen and oxygen atoms in total. The van der Waals surface area contributed by atoms with Crippen molar-refractivity contribution in [1.29, 1.82) is 0 Å². The molecule has 0 atom stereocenters. The Morgan fingerprint density at radius 3 is 1.62 bits per heavy atom. The van der Waals surface area contributed by atoms with E-state index in [4.69, 9.17) is 4.42 Å². The second-order valence-electron chi connectivity index (χ2n) is 15.7. The van der Waals surface area contributed by atoms with E-state index in [9.17, 15) is 0 Å². The fraction of sp³-hybridized carbons (Fsp3) is 0. The van der Waals surface area contributed by atoms with Crippen molar-refractivity contribution >= 4 is 71.6 Å². The molecule has 2 heterocycles. The van der Waals surface area contributed by atoms with Gasteiger partial charge in [-0.25, -0.2) is 0 Å². The van der Waals surface area contributed by atoms with Gasteiger partial charge < -0.3 is 13.9 Å². The van der Waals surface area contributed by atoms with Gasteiger partial charge >= 0.3 is 0 Å². The topological polar surface area (TPSA) is 21.3 Å². The van der Waals surface area contributed by atoms with Crippen molar-refractivity contribution in [3.8, 4) is 39.1 Å². The van der Waals surface area contributed by atoms with E-state index in [0.29, 0.717) is 0 Å². The Bertz CT molecular complexity index is 3520. The van der Waals surface area contributed by atoms with Crippen molar-refractivity contribution in [2.45, 2.75) is 0 Å². The van der Waals surface area contributed by atoms with E-state index in [1.165, 1.54) is 49.4 Å². The van der Waals surface area contributed by atoms with Gasteiger partial charge in [-0.05, 0) is 99.8 Å². The first-order valence-corrected chi connectivity index (χ1v) is 20.8. The predicted octanol–water partition coefficient (Wildman–Crippen LogP) is 16.3. The SMILES string of the molecule is c1ccc(-c2ccc(N(c3ccc(-c4ccccc4-n4c5ccccc5c5ccccc54)cc3)c3ccccc3-c3cccc4cc5oc6ccccc6c5cc34)cc2)cc1. The lowest BCUT2D eigenvalue weighted by molar-refractivity contribution is 0.669. The molecule has 286 valence electrons. The molecule has 0 radical (unpaired) electrons. The van der Waals surface area contributed by atoms with E-state index in [2.05, 4.69) is 228 Å². The summed E-state index contributed by atoms with van der Waals surface area (Å²) in [6.45, 7) is 0. The van der Waals surface area contributed by atoms with Gasteiger partial charge in [0, 0.05) is 44.0 Å². The monoisotopic (exact) mass is 778 g/mol. The summed E-state index contributed by atoms with van der Waals surface area (Å²) < 4.78 is 8.74. The van der Waals surface area contributed by atoms with Crippen LogP contribution in [0.3, 0.4) is 0 Å². The van der Waals surface area contributed by atoms with Gasteiger partial charge in [0.1, 0.15) is 11.2 Å². The molecular formula is C58H38N2O. The number of nitrogens with zero attached hydrogens (tertiary/aromatic N) is 2. The number of benzene rings is 10. The largest absolute Gasteiger partial charge is 0.456 e. The van der Waals surface area contributed by atoms with Crippen LogP contribution in [-0.2, 0) is 0 Å². The molecule has 0 aliphatic carbocycles. The summed E-state index contributed by atoms with van der Waals surface area (Å²) in [7, 11) is 0. The van der Waals surface area contributed by atoms with Gasteiger partial charge in [-0.1, -0.05) is 164 Å². The lowest BCUT2D eigenvalue weighted by atomic mass is 9.94. The van der Waals surface area contributed by atoms with Gasteiger partial charge in [-0.2, -0.15) is 0 Å². The van der Waals surface area contributed by atoms with Crippen LogP contribution in [-0.4, -0.2) is 4.57 Å². The summed E-state index contributed by atoms with van der Waals surface area (Å²) >= 11 is 0. The molecule has 10 aromatic carbocycles. The smallest absolute Gasteiger partial charge is 0.136 e. The summed E-state index contributed by atoms with van der Waals surface area (Å²) in [6, 6.07) is 83.0. The van der Waals surface area contributed by atoms with Crippen LogP contribution in [0.1, 0.15) is 0 Å². The molecule has 61 heavy (non-hydrogen) atoms. The van der Waals surface area contributed by atoms with Crippen molar-refractivity contribution in [1.82, 2.24) is 4.57 Å². The lowest BCUT2D eigenvalue weighted by Crippen LogP contribution is -2.11. The number of anilines is 3. The average molecular weight is 779 g/mol. The number of para-hydroxylation sites is 5. The van der Waals surface area contributed by atoms with Crippen molar-refractivity contribution in [2.24, 2.45) is 0 Å². The van der Waals surface area contributed by atoms with Crippen LogP contribution in [0, 0.1) is 0 Å². The lowest BCUT2D eigenvalue weighted by Gasteiger charge is -2.28. The molecule has 0 aliphatic heterocycles. The first kappa shape index (κ1) is 34.9. The van der Waals surface area contributed by atoms with E-state index < -0.39 is 0 Å². The number of hydrogen-bond donors (Lipinski definition) is 0. The van der Waals surface area contributed by atoms with E-state index in [0.717, 1.165) is 61.2 Å². The fourth-order valence-corrected chi connectivity index (χ4v) is 9.37. The van der Waals surface area contributed by atoms with Gasteiger partial charge in [0.15, 0.2) is 0 Å². The van der Waals surface area contributed by atoms with E-state index in [1.807, 2.05) is 12.1 Å². The van der Waals surface area contributed by atoms with Crippen molar-refractivity contribution in [3.63, 3.8) is 0 Å². The van der Waals surface area contributed by atoms with Crippen LogP contribution in [0.15, 0.2) is 235 Å². The maximum atomic E-state index is 6.32. The Balaban J connectivity index is 1.02. The zero-order valence-corrected chi connectivity index (χ0v) is 33.2. The highest BCUT2D eigenvalue weighted by Gasteiger charge is 2.21. The van der Waals surface area contributed by atoms with Gasteiger partial charge in [-0.15, -0.1) is 0 Å². The highest BCUT2D eigenvalue weighted by atomic mass is 16.3. The Morgan fingerprint density at radius 2 is 0.885 bits per heavy atom. The minimum absolute atomic E-state index is 0.902. The standard InChI is InChI=1S/C58H38N2O/c1-2-15-39(16-3-1)40-29-33-43(34-30-40)59(54-25-10-5-19-47(54)46-23-14-17-42-37-58-52(38-51(42)46)50-22-8-13-28-57(50)61-58)44-35-31-41(32-36-44)45-18-4-9-24-53(45)60-55-26-11-6-20-48(55)49-21-7-12-27-56(49)60/h1-38H. The quantitative estimate of drug-likeness (QED) is 0.161. The minimum atomic E-state index is 0.902. The number of hydrogen-bond acceptors (Lipinski definition) is 2. The van der Waals surface area contributed by atoms with Crippen LogP contribution >= 0.6 is 0 Å². The van der Waals surface area contributed by atoms with Gasteiger partial charge in [-0.3, -0.25) is 0 Å². The van der Waals surface area contributed by atoms with Crippen molar-refractivity contribution < 1.29 is 4.42 Å². The Labute approximate surface area is 353 Å². The third-order valence-corrected chi connectivity index (χ3v) is 12.2. The molecule has 0 saturated carbocycles. The van der Waals surface area contributed by atoms with Gasteiger partial charge in [0.05, 0.1) is 22.4 Å². The molecule has 0 bridgehead atoms. The van der Waals surface area contributed by atoms with Crippen molar-refractivity contribution in [2.75, 3.05) is 4.90 Å². The maximum absolute atomic E-state index is 6.32. The summed E-state index contributed by atoms with van der Waals surface area (Å²) in [4.78, 5) is 2.40. The van der Waals surface area contributed by atoms with Crippen LogP contribution in [0.5, 0.6) is 0 Å². The second-order valence-corrected chi connectivity index (χ2v) is 15.7. The first-order chi connectivity index (χ1) is 30.3. The normalized spacial score (nSPS) is 11.6. The zero-order valence-electron chi connectivity index (χ0n) is 33.2. The summed E-state index contributed by atoms with van der Waals surface area (Å²) in [5.74, 6) is 0. The van der Waals surface area contributed by atoms with Crippen LogP contribution in [0.2, 0.25) is 0 Å². The molecule has 12 rings (SSSR count). The van der Waals surface area contributed by atoms with Crippen LogP contribution in [0.4, 0.5) is 17.1 Å². The molecule has 0 fully saturated rings. The highest BCUT2D eigenvalue weighted by Crippen LogP contribution is 2.45. The molecule has 0 amide bonds. The average Bonchev–Trinajstić information content (AvgIpc) is 3.87. The van der Waals surface area contributed by atoms with E-state index in [-0.39, 0.29) is 0 Å². The second kappa shape index (κ2) is 14.3. The van der Waals surface area contributed by atoms with E-state index in [1.54, 1.807) is 0 Å². The molecule has 12 aromatic rings. The number of furan rings is 1. The Kier molecular flexibility index (Phi) is 8.17. The molecular weight excluding hydrogens is 741 g/mol. The highest BCUT2D eigenvalue weighted by molar-refractivity contribution is 6.14. The molecule has 2 aromatic heterocycles. The molecule has 0 aliphatic rings. The maximum Gasteiger partial charge on any atom is 0.136 e. The summed E-state index contributed by atoms with van der Waals surface area (Å²) in [6.07, 6.45) is 0. The predicted molar refractivity (Wildman–Crippen MR) is 257 cm³/mol. The molecule has 0 spiro atoms.